The summed E-state index contributed by atoms with van der Waals surface area (Å²) in [5.41, 5.74) is 0.638. The van der Waals surface area contributed by atoms with Gasteiger partial charge >= 0.3 is 0 Å². The molecule has 2 aliphatic rings. The summed E-state index contributed by atoms with van der Waals surface area (Å²) in [5.74, 6) is -0.610. The largest absolute Gasteiger partial charge is 0.368 e. The number of azo groups is 1. The van der Waals surface area contributed by atoms with Crippen molar-refractivity contribution in [1.29, 1.82) is 0 Å². The lowest BCUT2D eigenvalue weighted by molar-refractivity contribution is -0.117. The second kappa shape index (κ2) is 5.72. The highest BCUT2D eigenvalue weighted by Crippen LogP contribution is 2.24. The molecule has 1 aromatic rings. The van der Waals surface area contributed by atoms with Gasteiger partial charge in [-0.2, -0.15) is 5.11 Å². The number of alkyl halides is 1. The maximum Gasteiger partial charge on any atom is 0.288 e. The van der Waals surface area contributed by atoms with Gasteiger partial charge in [0.25, 0.3) is 5.91 Å². The van der Waals surface area contributed by atoms with Crippen LogP contribution in [0.2, 0.25) is 0 Å². The summed E-state index contributed by atoms with van der Waals surface area (Å²) < 4.78 is 13.7. The Morgan fingerprint density at radius 2 is 1.95 bits per heavy atom. The molecule has 3 rings (SSSR count). The van der Waals surface area contributed by atoms with E-state index in [0.29, 0.717) is 37.7 Å². The van der Waals surface area contributed by atoms with E-state index < -0.39 is 17.1 Å². The maximum atomic E-state index is 13.7. The van der Waals surface area contributed by atoms with Gasteiger partial charge in [0.05, 0.1) is 18.1 Å². The summed E-state index contributed by atoms with van der Waals surface area (Å²) in [6.07, 6.45) is 3.97. The number of carbonyl (C=O) groups excluding carboxylic acids is 1. The molecule has 7 nitrogen and oxygen atoms in total. The fourth-order valence-corrected chi connectivity index (χ4v) is 2.58. The zero-order valence-electron chi connectivity index (χ0n) is 11.0. The standard InChI is InChI=1S/C12H12ClFN6O/c13-10-9(6-17-18-12(10)21)19-1-3-20(4-2-19)11-8(14)5-15-7-16-11/h5-7,10H,1-4H2. The van der Waals surface area contributed by atoms with E-state index in [4.69, 9.17) is 11.6 Å². The third-order valence-electron chi connectivity index (χ3n) is 3.42. The molecule has 0 aromatic carbocycles. The number of aromatic nitrogens is 2. The number of carbonyl (C=O) groups is 1. The average molecular weight is 311 g/mol. The van der Waals surface area contributed by atoms with Crippen LogP contribution in [0.1, 0.15) is 0 Å². The molecule has 110 valence electrons. The lowest BCUT2D eigenvalue weighted by Crippen LogP contribution is -2.48. The number of piperazine rings is 1. The highest BCUT2D eigenvalue weighted by molar-refractivity contribution is 6.33. The second-order valence-electron chi connectivity index (χ2n) is 4.64. The van der Waals surface area contributed by atoms with Crippen molar-refractivity contribution in [2.24, 2.45) is 10.2 Å². The van der Waals surface area contributed by atoms with Gasteiger partial charge in [-0.1, -0.05) is 0 Å². The van der Waals surface area contributed by atoms with Gasteiger partial charge in [0.15, 0.2) is 17.0 Å². The van der Waals surface area contributed by atoms with Crippen LogP contribution >= 0.6 is 11.6 Å². The molecule has 0 saturated carbocycles. The molecule has 0 spiro atoms. The van der Waals surface area contributed by atoms with E-state index in [9.17, 15) is 9.18 Å². The van der Waals surface area contributed by atoms with Gasteiger partial charge in [-0.25, -0.2) is 14.4 Å². The van der Waals surface area contributed by atoms with E-state index in [1.165, 1.54) is 12.5 Å². The van der Waals surface area contributed by atoms with Crippen molar-refractivity contribution in [3.05, 3.63) is 30.2 Å². The van der Waals surface area contributed by atoms with Crippen LogP contribution in [0.3, 0.4) is 0 Å². The highest BCUT2D eigenvalue weighted by atomic mass is 35.5. The molecule has 9 heteroatoms. The third-order valence-corrected chi connectivity index (χ3v) is 3.83. The molecule has 1 saturated heterocycles. The molecule has 3 heterocycles. The number of anilines is 1. The van der Waals surface area contributed by atoms with Crippen molar-refractivity contribution in [3.63, 3.8) is 0 Å². The van der Waals surface area contributed by atoms with Crippen LogP contribution in [0.4, 0.5) is 10.2 Å². The van der Waals surface area contributed by atoms with Crippen molar-refractivity contribution < 1.29 is 9.18 Å². The molecular weight excluding hydrogens is 299 g/mol. The molecule has 0 radical (unpaired) electrons. The van der Waals surface area contributed by atoms with Gasteiger partial charge in [-0.15, -0.1) is 16.7 Å². The molecule has 0 bridgehead atoms. The van der Waals surface area contributed by atoms with E-state index in [-0.39, 0.29) is 0 Å². The molecule has 1 atom stereocenters. The Balaban J connectivity index is 1.69. The monoisotopic (exact) mass is 310 g/mol. The Morgan fingerprint density at radius 3 is 2.67 bits per heavy atom. The fraction of sp³-hybridized carbons (Fsp3) is 0.417. The first-order valence-corrected chi connectivity index (χ1v) is 6.84. The van der Waals surface area contributed by atoms with Crippen LogP contribution in [-0.4, -0.2) is 52.3 Å². The lowest BCUT2D eigenvalue weighted by Gasteiger charge is -2.38. The van der Waals surface area contributed by atoms with Crippen LogP contribution in [0.5, 0.6) is 0 Å². The van der Waals surface area contributed by atoms with Gasteiger partial charge in [0, 0.05) is 26.2 Å². The number of rotatable bonds is 2. The summed E-state index contributed by atoms with van der Waals surface area (Å²) in [7, 11) is 0. The zero-order chi connectivity index (χ0) is 14.8. The second-order valence-corrected chi connectivity index (χ2v) is 5.08. The number of hydrogen-bond donors (Lipinski definition) is 0. The molecule has 1 unspecified atom stereocenters. The van der Waals surface area contributed by atoms with Crippen molar-refractivity contribution in [2.45, 2.75) is 5.38 Å². The van der Waals surface area contributed by atoms with Gasteiger partial charge < -0.3 is 9.80 Å². The SMILES string of the molecule is O=C1N=NC=C(N2CCN(c3ncncc3F)CC2)C1Cl. The first kappa shape index (κ1) is 13.9. The summed E-state index contributed by atoms with van der Waals surface area (Å²) in [5, 5.41) is 6.25. The molecule has 0 N–H and O–H groups in total. The number of hydrogen-bond acceptors (Lipinski definition) is 6. The van der Waals surface area contributed by atoms with Crippen molar-refractivity contribution in [1.82, 2.24) is 14.9 Å². The van der Waals surface area contributed by atoms with Crippen LogP contribution in [-0.2, 0) is 4.79 Å². The Morgan fingerprint density at radius 1 is 1.24 bits per heavy atom. The molecule has 1 amide bonds. The number of amides is 1. The Kier molecular flexibility index (Phi) is 3.78. The molecule has 0 aliphatic carbocycles. The molecule has 1 aromatic heterocycles. The minimum atomic E-state index is -0.801. The average Bonchev–Trinajstić information content (AvgIpc) is 2.51. The molecular formula is C12H12ClFN6O. The molecule has 21 heavy (non-hydrogen) atoms. The van der Waals surface area contributed by atoms with Gasteiger partial charge in [-0.3, -0.25) is 4.79 Å². The van der Waals surface area contributed by atoms with E-state index in [0.717, 1.165) is 6.20 Å². The highest BCUT2D eigenvalue weighted by Gasteiger charge is 2.30. The van der Waals surface area contributed by atoms with Crippen LogP contribution < -0.4 is 4.90 Å². The first-order valence-electron chi connectivity index (χ1n) is 6.41. The predicted octanol–water partition coefficient (Wildman–Crippen LogP) is 1.18. The molecule has 1 fully saturated rings. The zero-order valence-corrected chi connectivity index (χ0v) is 11.7. The topological polar surface area (TPSA) is 74.1 Å². The Labute approximate surface area is 125 Å². The minimum absolute atomic E-state index is 0.292. The van der Waals surface area contributed by atoms with Crippen LogP contribution in [0.15, 0.2) is 34.6 Å². The maximum absolute atomic E-state index is 13.7. The van der Waals surface area contributed by atoms with Crippen molar-refractivity contribution >= 4 is 23.3 Å². The van der Waals surface area contributed by atoms with Crippen LogP contribution in [0, 0.1) is 5.82 Å². The van der Waals surface area contributed by atoms with Crippen molar-refractivity contribution in [2.75, 3.05) is 31.1 Å². The Hall–Kier alpha value is -2.09. The quantitative estimate of drug-likeness (QED) is 0.767. The Bertz CT molecular complexity index is 614. The van der Waals surface area contributed by atoms with E-state index in [1.54, 1.807) is 0 Å². The van der Waals surface area contributed by atoms with Crippen LogP contribution in [0.25, 0.3) is 0 Å². The normalized spacial score (nSPS) is 22.5. The van der Waals surface area contributed by atoms with Crippen molar-refractivity contribution in [3.8, 4) is 0 Å². The predicted molar refractivity (Wildman–Crippen MR) is 73.4 cm³/mol. The summed E-state index contributed by atoms with van der Waals surface area (Å²) in [6.45, 7) is 2.34. The van der Waals surface area contributed by atoms with E-state index in [2.05, 4.69) is 20.2 Å². The summed E-state index contributed by atoms with van der Waals surface area (Å²) >= 11 is 6.04. The minimum Gasteiger partial charge on any atom is -0.368 e. The third kappa shape index (κ3) is 2.71. The molecule has 2 aliphatic heterocycles. The summed E-state index contributed by atoms with van der Waals surface area (Å²) in [4.78, 5) is 22.8. The van der Waals surface area contributed by atoms with E-state index in [1.807, 2.05) is 9.80 Å². The fourth-order valence-electron chi connectivity index (χ4n) is 2.34. The summed E-state index contributed by atoms with van der Waals surface area (Å²) in [6, 6.07) is 0. The first-order chi connectivity index (χ1) is 10.2. The van der Waals surface area contributed by atoms with Gasteiger partial charge in [0.1, 0.15) is 6.33 Å². The number of halogens is 2. The smallest absolute Gasteiger partial charge is 0.288 e. The number of nitrogens with zero attached hydrogens (tertiary/aromatic N) is 6. The van der Waals surface area contributed by atoms with Gasteiger partial charge in [0.2, 0.25) is 0 Å². The van der Waals surface area contributed by atoms with E-state index >= 15 is 0 Å². The van der Waals surface area contributed by atoms with Gasteiger partial charge in [-0.05, 0) is 0 Å². The lowest BCUT2D eigenvalue weighted by atomic mass is 10.2.